The fourth-order valence-corrected chi connectivity index (χ4v) is 7.84. The molecular formula is C34H56N3O9P. The molecule has 1 aromatic carbocycles. The van der Waals surface area contributed by atoms with E-state index in [9.17, 15) is 28.8 Å². The number of hydrogen-bond acceptors (Lipinski definition) is 9. The van der Waals surface area contributed by atoms with Crippen molar-refractivity contribution in [3.63, 3.8) is 0 Å². The first-order chi connectivity index (χ1) is 21.8. The van der Waals surface area contributed by atoms with Crippen molar-refractivity contribution >= 4 is 31.2 Å². The molecule has 12 nitrogen and oxygen atoms in total. The van der Waals surface area contributed by atoms with Gasteiger partial charge in [0.2, 0.25) is 19.2 Å². The summed E-state index contributed by atoms with van der Waals surface area (Å²) in [7, 11) is -3.24. The van der Waals surface area contributed by atoms with Crippen molar-refractivity contribution in [2.75, 3.05) is 18.9 Å². The lowest BCUT2D eigenvalue weighted by molar-refractivity contribution is -0.158. The lowest BCUT2D eigenvalue weighted by atomic mass is 9.91. The second-order valence-corrected chi connectivity index (χ2v) is 17.0. The topological polar surface area (TPSA) is 169 Å². The fourth-order valence-electron chi connectivity index (χ4n) is 5.17. The van der Waals surface area contributed by atoms with E-state index in [2.05, 4.69) is 16.0 Å². The Morgan fingerprint density at radius 1 is 0.936 bits per heavy atom. The first-order valence-corrected chi connectivity index (χ1v) is 18.6. The molecule has 4 unspecified atom stereocenters. The minimum absolute atomic E-state index is 0.0929. The van der Waals surface area contributed by atoms with Crippen LogP contribution in [0.1, 0.15) is 99.0 Å². The van der Waals surface area contributed by atoms with E-state index in [1.807, 2.05) is 30.3 Å². The largest absolute Gasteiger partial charge is 0.458 e. The van der Waals surface area contributed by atoms with Gasteiger partial charge in [-0.15, -0.1) is 0 Å². The van der Waals surface area contributed by atoms with Gasteiger partial charge in [-0.25, -0.2) is 9.59 Å². The summed E-state index contributed by atoms with van der Waals surface area (Å²) in [6, 6.07) is 7.23. The molecule has 1 aliphatic carbocycles. The number of rotatable bonds is 16. The smallest absolute Gasteiger partial charge is 0.408 e. The molecule has 47 heavy (non-hydrogen) atoms. The standard InChI is InChI=1S/C34H56N3O9P/c1-24(31(41)45-33(2,3)4)36-30(40)28(37-32(42)46-34(5,6)7)18-19-29(39)35-20-27(38)23-47(43,22-26-16-12-9-13-17-26)44-21-25-14-10-8-11-15-25/h8,10-11,14-15,24,26-28,38H,9,12-13,16-23H2,1-7H3,(H,35,39)(H,36,40)(H,37,42). The van der Waals surface area contributed by atoms with E-state index in [1.165, 1.54) is 13.3 Å². The summed E-state index contributed by atoms with van der Waals surface area (Å²) in [6.07, 6.45) is 3.32. The van der Waals surface area contributed by atoms with E-state index in [0.29, 0.717) is 6.16 Å². The Morgan fingerprint density at radius 2 is 1.55 bits per heavy atom. The van der Waals surface area contributed by atoms with Crippen LogP contribution in [0.15, 0.2) is 30.3 Å². The highest BCUT2D eigenvalue weighted by molar-refractivity contribution is 7.59. The van der Waals surface area contributed by atoms with Crippen LogP contribution < -0.4 is 16.0 Å². The summed E-state index contributed by atoms with van der Waals surface area (Å²) in [4.78, 5) is 50.8. The second kappa shape index (κ2) is 18.6. The Kier molecular flexibility index (Phi) is 15.9. The molecule has 0 saturated heterocycles. The molecule has 0 heterocycles. The Balaban J connectivity index is 1.98. The Bertz CT molecular complexity index is 1210. The van der Waals surface area contributed by atoms with Gasteiger partial charge in [0.1, 0.15) is 23.3 Å². The predicted molar refractivity (Wildman–Crippen MR) is 180 cm³/mol. The quantitative estimate of drug-likeness (QED) is 0.138. The Morgan fingerprint density at radius 3 is 2.15 bits per heavy atom. The molecule has 13 heteroatoms. The minimum atomic E-state index is -3.24. The van der Waals surface area contributed by atoms with Crippen LogP contribution in [0.4, 0.5) is 4.79 Å². The summed E-state index contributed by atoms with van der Waals surface area (Å²) in [5.74, 6) is -1.56. The molecule has 1 aliphatic rings. The second-order valence-electron chi connectivity index (χ2n) is 14.4. The number of carbonyl (C=O) groups is 4. The third-order valence-corrected chi connectivity index (χ3v) is 10.0. The molecule has 1 aromatic rings. The molecule has 0 aliphatic heterocycles. The lowest BCUT2D eigenvalue weighted by Gasteiger charge is -2.28. The average Bonchev–Trinajstić information content (AvgIpc) is 2.96. The minimum Gasteiger partial charge on any atom is -0.458 e. The summed E-state index contributed by atoms with van der Waals surface area (Å²) in [5.41, 5.74) is -0.702. The first kappa shape index (κ1) is 40.2. The molecule has 0 aromatic heterocycles. The van der Waals surface area contributed by atoms with Gasteiger partial charge in [0.15, 0.2) is 0 Å². The van der Waals surface area contributed by atoms with E-state index in [0.717, 1.165) is 31.2 Å². The highest BCUT2D eigenvalue weighted by atomic mass is 31.2. The summed E-state index contributed by atoms with van der Waals surface area (Å²) < 4.78 is 30.6. The molecule has 0 spiro atoms. The molecular weight excluding hydrogens is 625 g/mol. The summed E-state index contributed by atoms with van der Waals surface area (Å²) >= 11 is 0. The number of ether oxygens (including phenoxy) is 2. The maximum absolute atomic E-state index is 14.0. The number of nitrogens with one attached hydrogen (secondary N) is 3. The number of aliphatic hydroxyl groups excluding tert-OH is 1. The number of hydrogen-bond donors (Lipinski definition) is 4. The highest BCUT2D eigenvalue weighted by Crippen LogP contribution is 2.51. The van der Waals surface area contributed by atoms with Crippen LogP contribution in [-0.4, -0.2) is 77.2 Å². The van der Waals surface area contributed by atoms with E-state index in [-0.39, 0.29) is 38.1 Å². The van der Waals surface area contributed by atoms with Crippen molar-refractivity contribution < 1.29 is 42.8 Å². The number of alkyl carbamates (subject to hydrolysis) is 1. The molecule has 2 rings (SSSR count). The zero-order valence-electron chi connectivity index (χ0n) is 29.1. The molecule has 3 amide bonds. The van der Waals surface area contributed by atoms with Crippen molar-refractivity contribution in [2.45, 2.75) is 129 Å². The van der Waals surface area contributed by atoms with E-state index in [1.54, 1.807) is 41.5 Å². The number of carbonyl (C=O) groups excluding carboxylic acids is 4. The van der Waals surface area contributed by atoms with Crippen molar-refractivity contribution in [1.82, 2.24) is 16.0 Å². The molecule has 1 fully saturated rings. The van der Waals surface area contributed by atoms with E-state index >= 15 is 0 Å². The molecule has 4 N–H and O–H groups in total. The van der Waals surface area contributed by atoms with Gasteiger partial charge >= 0.3 is 12.1 Å². The van der Waals surface area contributed by atoms with Crippen LogP contribution >= 0.6 is 7.37 Å². The number of benzene rings is 1. The van der Waals surface area contributed by atoms with Crippen molar-refractivity contribution in [2.24, 2.45) is 5.92 Å². The fraction of sp³-hybridized carbons (Fsp3) is 0.706. The summed E-state index contributed by atoms with van der Waals surface area (Å²) in [6.45, 7) is 11.6. The van der Waals surface area contributed by atoms with Crippen LogP contribution in [0.2, 0.25) is 0 Å². The summed E-state index contributed by atoms with van der Waals surface area (Å²) in [5, 5.41) is 18.5. The van der Waals surface area contributed by atoms with Crippen LogP contribution in [0.5, 0.6) is 0 Å². The average molecular weight is 682 g/mol. The van der Waals surface area contributed by atoms with E-state index < -0.39 is 60.6 Å². The highest BCUT2D eigenvalue weighted by Gasteiger charge is 2.32. The van der Waals surface area contributed by atoms with Crippen molar-refractivity contribution in [3.05, 3.63) is 35.9 Å². The van der Waals surface area contributed by atoms with Crippen LogP contribution in [0.25, 0.3) is 0 Å². The van der Waals surface area contributed by atoms with Gasteiger partial charge in [0.05, 0.1) is 18.9 Å². The van der Waals surface area contributed by atoms with Gasteiger partial charge in [-0.2, -0.15) is 0 Å². The molecule has 1 saturated carbocycles. The van der Waals surface area contributed by atoms with Crippen LogP contribution in [-0.2, 0) is 39.6 Å². The number of amides is 3. The van der Waals surface area contributed by atoms with Gasteiger partial charge in [0, 0.05) is 19.1 Å². The number of aliphatic hydroxyl groups is 1. The van der Waals surface area contributed by atoms with Gasteiger partial charge in [-0.05, 0) is 79.2 Å². The zero-order chi connectivity index (χ0) is 35.3. The van der Waals surface area contributed by atoms with Gasteiger partial charge in [-0.1, -0.05) is 49.6 Å². The SMILES string of the molecule is CC(NC(=O)C(CCC(=O)NCC(O)CP(=O)(CC1CCCCC1)OCc1ccccc1)NC(=O)OC(C)(C)C)C(=O)OC(C)(C)C. The van der Waals surface area contributed by atoms with Gasteiger partial charge < -0.3 is 35.1 Å². The normalized spacial score (nSPS) is 17.4. The first-order valence-electron chi connectivity index (χ1n) is 16.6. The third-order valence-electron chi connectivity index (χ3n) is 7.38. The van der Waals surface area contributed by atoms with Crippen LogP contribution in [0.3, 0.4) is 0 Å². The molecule has 0 bridgehead atoms. The molecule has 4 atom stereocenters. The third kappa shape index (κ3) is 17.1. The maximum atomic E-state index is 14.0. The molecule has 266 valence electrons. The predicted octanol–water partition coefficient (Wildman–Crippen LogP) is 5.06. The van der Waals surface area contributed by atoms with Crippen LogP contribution in [0, 0.1) is 5.92 Å². The van der Waals surface area contributed by atoms with Crippen molar-refractivity contribution in [1.29, 1.82) is 0 Å². The molecule has 0 radical (unpaired) electrons. The zero-order valence-corrected chi connectivity index (χ0v) is 30.0. The maximum Gasteiger partial charge on any atom is 0.408 e. The van der Waals surface area contributed by atoms with Gasteiger partial charge in [-0.3, -0.25) is 14.2 Å². The van der Waals surface area contributed by atoms with Crippen molar-refractivity contribution in [3.8, 4) is 0 Å². The Labute approximate surface area is 279 Å². The monoisotopic (exact) mass is 681 g/mol. The van der Waals surface area contributed by atoms with Gasteiger partial charge in [0.25, 0.3) is 0 Å². The number of esters is 1. The Hall–Kier alpha value is -2.95. The van der Waals surface area contributed by atoms with E-state index in [4.69, 9.17) is 14.0 Å². The lowest BCUT2D eigenvalue weighted by Crippen LogP contribution is -2.52.